The van der Waals surface area contributed by atoms with Crippen LogP contribution in [0.5, 0.6) is 0 Å². The number of carbonyl (C=O) groups excluding carboxylic acids is 2. The first-order valence-electron chi connectivity index (χ1n) is 10.1. The van der Waals surface area contributed by atoms with Gasteiger partial charge >= 0.3 is 0 Å². The molecule has 0 unspecified atom stereocenters. The van der Waals surface area contributed by atoms with Gasteiger partial charge in [-0.15, -0.1) is 0 Å². The predicted molar refractivity (Wildman–Crippen MR) is 110 cm³/mol. The molecule has 3 heterocycles. The summed E-state index contributed by atoms with van der Waals surface area (Å²) in [6, 6.07) is 9.42. The minimum atomic E-state index is -0.184. The molecule has 0 saturated carbocycles. The SMILES string of the molecule is COCCNC(=O)c1cnn2c1C[C@H](NC(=O)CCc1nc(-c3ccccc3)no1)C2. The van der Waals surface area contributed by atoms with Crippen molar-refractivity contribution < 1.29 is 18.8 Å². The summed E-state index contributed by atoms with van der Waals surface area (Å²) >= 11 is 0. The number of aromatic nitrogens is 4. The van der Waals surface area contributed by atoms with Crippen molar-refractivity contribution in [3.63, 3.8) is 0 Å². The van der Waals surface area contributed by atoms with E-state index < -0.39 is 0 Å². The first-order chi connectivity index (χ1) is 15.1. The number of nitrogens with one attached hydrogen (secondary N) is 2. The van der Waals surface area contributed by atoms with Crippen molar-refractivity contribution >= 4 is 11.8 Å². The van der Waals surface area contributed by atoms with Crippen LogP contribution in [-0.2, 0) is 28.9 Å². The van der Waals surface area contributed by atoms with Gasteiger partial charge in [-0.1, -0.05) is 35.5 Å². The fraction of sp³-hybridized carbons (Fsp3) is 0.381. The standard InChI is InChI=1S/C21H24N6O4/c1-30-10-9-22-21(29)16-12-23-27-13-15(11-17(16)27)24-18(28)7-8-19-25-20(26-31-19)14-5-3-2-4-6-14/h2-6,12,15H,7-11,13H2,1H3,(H,22,29)(H,24,28)/t15-/m0/s1. The smallest absolute Gasteiger partial charge is 0.254 e. The van der Waals surface area contributed by atoms with E-state index in [1.807, 2.05) is 30.3 Å². The van der Waals surface area contributed by atoms with Crippen molar-refractivity contribution in [2.75, 3.05) is 20.3 Å². The fourth-order valence-corrected chi connectivity index (χ4v) is 3.52. The highest BCUT2D eigenvalue weighted by Gasteiger charge is 2.28. The molecule has 1 aromatic carbocycles. The Morgan fingerprint density at radius 2 is 2.13 bits per heavy atom. The summed E-state index contributed by atoms with van der Waals surface area (Å²) in [5.41, 5.74) is 2.22. The number of fused-ring (bicyclic) bond motifs is 1. The second-order valence-corrected chi connectivity index (χ2v) is 7.28. The lowest BCUT2D eigenvalue weighted by molar-refractivity contribution is -0.121. The van der Waals surface area contributed by atoms with Gasteiger partial charge in [0.05, 0.1) is 36.6 Å². The van der Waals surface area contributed by atoms with Gasteiger partial charge in [0.2, 0.25) is 17.6 Å². The molecule has 1 aliphatic heterocycles. The topological polar surface area (TPSA) is 124 Å². The van der Waals surface area contributed by atoms with Crippen molar-refractivity contribution in [3.05, 3.63) is 53.7 Å². The van der Waals surface area contributed by atoms with Crippen molar-refractivity contribution in [1.82, 2.24) is 30.6 Å². The molecule has 2 amide bonds. The molecule has 31 heavy (non-hydrogen) atoms. The summed E-state index contributed by atoms with van der Waals surface area (Å²) in [4.78, 5) is 29.0. The van der Waals surface area contributed by atoms with E-state index in [0.29, 0.717) is 49.8 Å². The van der Waals surface area contributed by atoms with Crippen molar-refractivity contribution in [2.24, 2.45) is 0 Å². The molecular weight excluding hydrogens is 400 g/mol. The Morgan fingerprint density at radius 1 is 1.29 bits per heavy atom. The Labute approximate surface area is 179 Å². The maximum Gasteiger partial charge on any atom is 0.254 e. The number of aryl methyl sites for hydroxylation is 1. The lowest BCUT2D eigenvalue weighted by Crippen LogP contribution is -2.36. The zero-order valence-electron chi connectivity index (χ0n) is 17.2. The Hall–Kier alpha value is -3.53. The zero-order valence-corrected chi connectivity index (χ0v) is 17.2. The summed E-state index contributed by atoms with van der Waals surface area (Å²) in [5, 5.41) is 14.0. The van der Waals surface area contributed by atoms with Crippen LogP contribution >= 0.6 is 0 Å². The first kappa shape index (κ1) is 20.7. The van der Waals surface area contributed by atoms with E-state index in [1.54, 1.807) is 18.0 Å². The normalized spacial score (nSPS) is 14.9. The van der Waals surface area contributed by atoms with Crippen LogP contribution in [0.25, 0.3) is 11.4 Å². The molecule has 3 aromatic rings. The molecule has 0 aliphatic carbocycles. The van der Waals surface area contributed by atoms with E-state index in [1.165, 1.54) is 0 Å². The number of hydrogen-bond acceptors (Lipinski definition) is 7. The van der Waals surface area contributed by atoms with Gasteiger partial charge in [-0.3, -0.25) is 14.3 Å². The van der Waals surface area contributed by atoms with Crippen molar-refractivity contribution in [3.8, 4) is 11.4 Å². The second kappa shape index (κ2) is 9.52. The molecule has 162 valence electrons. The van der Waals surface area contributed by atoms with Crippen molar-refractivity contribution in [1.29, 1.82) is 0 Å². The molecule has 1 aliphatic rings. The summed E-state index contributed by atoms with van der Waals surface area (Å²) in [6.45, 7) is 1.41. The third kappa shape index (κ3) is 4.97. The summed E-state index contributed by atoms with van der Waals surface area (Å²) in [6.07, 6.45) is 2.71. The minimum absolute atomic E-state index is 0.107. The average molecular weight is 424 g/mol. The van der Waals surface area contributed by atoms with Crippen LogP contribution < -0.4 is 10.6 Å². The summed E-state index contributed by atoms with van der Waals surface area (Å²) in [7, 11) is 1.58. The molecule has 2 aromatic heterocycles. The van der Waals surface area contributed by atoms with Gasteiger partial charge in [-0.25, -0.2) is 0 Å². The predicted octanol–water partition coefficient (Wildman–Crippen LogP) is 0.983. The Bertz CT molecular complexity index is 1050. The molecule has 2 N–H and O–H groups in total. The number of amides is 2. The van der Waals surface area contributed by atoms with Crippen LogP contribution in [0.1, 0.15) is 28.4 Å². The maximum atomic E-state index is 12.4. The number of carbonyl (C=O) groups is 2. The molecule has 1 atom stereocenters. The van der Waals surface area contributed by atoms with Crippen LogP contribution in [-0.4, -0.2) is 58.0 Å². The van der Waals surface area contributed by atoms with Crippen LogP contribution in [0.2, 0.25) is 0 Å². The number of ether oxygens (including phenoxy) is 1. The highest BCUT2D eigenvalue weighted by molar-refractivity contribution is 5.95. The summed E-state index contributed by atoms with van der Waals surface area (Å²) < 4.78 is 12.0. The van der Waals surface area contributed by atoms with Gasteiger partial charge in [0.25, 0.3) is 5.91 Å². The number of methoxy groups -OCH3 is 1. The van der Waals surface area contributed by atoms with E-state index in [9.17, 15) is 9.59 Å². The minimum Gasteiger partial charge on any atom is -0.383 e. The highest BCUT2D eigenvalue weighted by Crippen LogP contribution is 2.19. The van der Waals surface area contributed by atoms with Crippen LogP contribution in [0, 0.1) is 0 Å². The molecule has 10 nitrogen and oxygen atoms in total. The summed E-state index contributed by atoms with van der Waals surface area (Å²) in [5.74, 6) is 0.633. The lowest BCUT2D eigenvalue weighted by Gasteiger charge is -2.11. The third-order valence-corrected chi connectivity index (χ3v) is 5.05. The highest BCUT2D eigenvalue weighted by atomic mass is 16.5. The largest absolute Gasteiger partial charge is 0.383 e. The van der Waals surface area contributed by atoms with E-state index >= 15 is 0 Å². The molecule has 0 bridgehead atoms. The molecule has 10 heteroatoms. The fourth-order valence-electron chi connectivity index (χ4n) is 3.52. The van der Waals surface area contributed by atoms with E-state index in [-0.39, 0.29) is 24.3 Å². The van der Waals surface area contributed by atoms with E-state index in [4.69, 9.17) is 9.26 Å². The molecule has 0 radical (unpaired) electrons. The Balaban J connectivity index is 1.26. The van der Waals surface area contributed by atoms with Crippen LogP contribution in [0.3, 0.4) is 0 Å². The van der Waals surface area contributed by atoms with Crippen LogP contribution in [0.4, 0.5) is 0 Å². The van der Waals surface area contributed by atoms with E-state index in [2.05, 4.69) is 25.9 Å². The van der Waals surface area contributed by atoms with Gasteiger partial charge in [0, 0.05) is 38.5 Å². The monoisotopic (exact) mass is 424 g/mol. The van der Waals surface area contributed by atoms with Gasteiger partial charge in [-0.2, -0.15) is 10.1 Å². The average Bonchev–Trinajstić information content (AvgIpc) is 3.49. The molecular formula is C21H24N6O4. The molecule has 4 rings (SSSR count). The molecule has 0 spiro atoms. The van der Waals surface area contributed by atoms with Gasteiger partial charge in [-0.05, 0) is 0 Å². The zero-order chi connectivity index (χ0) is 21.6. The molecule has 0 fully saturated rings. The number of nitrogens with zero attached hydrogens (tertiary/aromatic N) is 4. The van der Waals surface area contributed by atoms with Crippen molar-refractivity contribution in [2.45, 2.75) is 31.8 Å². The van der Waals surface area contributed by atoms with Crippen LogP contribution in [0.15, 0.2) is 41.1 Å². The van der Waals surface area contributed by atoms with Gasteiger partial charge in [0.1, 0.15) is 0 Å². The Morgan fingerprint density at radius 3 is 2.94 bits per heavy atom. The third-order valence-electron chi connectivity index (χ3n) is 5.05. The Kier molecular flexibility index (Phi) is 6.37. The maximum absolute atomic E-state index is 12.4. The molecule has 0 saturated heterocycles. The second-order valence-electron chi connectivity index (χ2n) is 7.28. The first-order valence-corrected chi connectivity index (χ1v) is 10.1. The van der Waals surface area contributed by atoms with Gasteiger partial charge in [0.15, 0.2) is 0 Å². The number of rotatable bonds is 9. The number of hydrogen-bond donors (Lipinski definition) is 2. The van der Waals surface area contributed by atoms with Gasteiger partial charge < -0.3 is 19.9 Å². The quantitative estimate of drug-likeness (QED) is 0.491. The van der Waals surface area contributed by atoms with E-state index in [0.717, 1.165) is 11.3 Å². The number of benzene rings is 1. The lowest BCUT2D eigenvalue weighted by atomic mass is 10.1.